The molecule has 1 aromatic carbocycles. The van der Waals surface area contributed by atoms with Crippen LogP contribution in [0.25, 0.3) is 0 Å². The number of carbonyl (C=O) groups is 1. The van der Waals surface area contributed by atoms with Crippen molar-refractivity contribution in [3.63, 3.8) is 0 Å². The number of hydrogen-bond donors (Lipinski definition) is 0. The summed E-state index contributed by atoms with van der Waals surface area (Å²) in [6, 6.07) is 5.65. The lowest BCUT2D eigenvalue weighted by molar-refractivity contribution is -0.147. The van der Waals surface area contributed by atoms with E-state index in [1.54, 1.807) is 20.1 Å². The number of carbonyl (C=O) groups excluding carboxylic acids is 1. The lowest BCUT2D eigenvalue weighted by atomic mass is 10.1. The molecule has 4 nitrogen and oxygen atoms in total. The molecule has 0 aliphatic heterocycles. The van der Waals surface area contributed by atoms with Gasteiger partial charge < -0.3 is 14.2 Å². The highest BCUT2D eigenvalue weighted by molar-refractivity contribution is 5.74. The fraction of sp³-hybridized carbons (Fsp3) is 0.462. The molecule has 0 amide bonds. The lowest BCUT2D eigenvalue weighted by Gasteiger charge is -2.15. The summed E-state index contributed by atoms with van der Waals surface area (Å²) in [7, 11) is 2.91. The van der Waals surface area contributed by atoms with E-state index in [1.165, 1.54) is 7.11 Å². The van der Waals surface area contributed by atoms with Crippen molar-refractivity contribution in [2.45, 2.75) is 26.4 Å². The molecule has 0 aromatic heterocycles. The molecule has 0 N–H and O–H groups in total. The largest absolute Gasteiger partial charge is 0.493 e. The first-order valence-electron chi connectivity index (χ1n) is 5.53. The number of esters is 1. The average Bonchev–Trinajstić information content (AvgIpc) is 2.37. The maximum absolute atomic E-state index is 11.3. The lowest BCUT2D eigenvalue weighted by Crippen LogP contribution is -2.25. The third kappa shape index (κ3) is 3.37. The predicted octanol–water partition coefficient (Wildman–Crippen LogP) is 2.20. The maximum Gasteiger partial charge on any atom is 0.346 e. The summed E-state index contributed by atoms with van der Waals surface area (Å²) in [4.78, 5) is 11.3. The van der Waals surface area contributed by atoms with Crippen LogP contribution in [0.2, 0.25) is 0 Å². The fourth-order valence-corrected chi connectivity index (χ4v) is 1.43. The van der Waals surface area contributed by atoms with Gasteiger partial charge in [0.05, 0.1) is 14.2 Å². The summed E-state index contributed by atoms with van der Waals surface area (Å²) < 4.78 is 15.3. The smallest absolute Gasteiger partial charge is 0.346 e. The van der Waals surface area contributed by atoms with Crippen LogP contribution in [0.4, 0.5) is 0 Å². The highest BCUT2D eigenvalue weighted by Crippen LogP contribution is 2.29. The molecule has 1 rings (SSSR count). The van der Waals surface area contributed by atoms with Gasteiger partial charge in [0.1, 0.15) is 0 Å². The molecular weight excluding hydrogens is 220 g/mol. The van der Waals surface area contributed by atoms with Crippen molar-refractivity contribution in [2.24, 2.45) is 0 Å². The van der Waals surface area contributed by atoms with Crippen molar-refractivity contribution < 1.29 is 19.0 Å². The number of ether oxygens (including phenoxy) is 3. The molecule has 0 saturated heterocycles. The van der Waals surface area contributed by atoms with Crippen LogP contribution < -0.4 is 9.47 Å². The van der Waals surface area contributed by atoms with E-state index in [4.69, 9.17) is 9.47 Å². The molecular formula is C13H18O4. The summed E-state index contributed by atoms with van der Waals surface area (Å²) in [5, 5.41) is 0. The molecule has 4 heteroatoms. The van der Waals surface area contributed by atoms with Gasteiger partial charge in [0, 0.05) is 0 Å². The molecule has 1 aromatic rings. The fourth-order valence-electron chi connectivity index (χ4n) is 1.43. The molecule has 0 bridgehead atoms. The zero-order chi connectivity index (χ0) is 12.8. The molecule has 0 heterocycles. The van der Waals surface area contributed by atoms with Gasteiger partial charge in [0.25, 0.3) is 0 Å². The third-order valence-corrected chi connectivity index (χ3v) is 2.47. The Morgan fingerprint density at radius 1 is 1.29 bits per heavy atom. The Balaban J connectivity index is 2.87. The van der Waals surface area contributed by atoms with Gasteiger partial charge in [-0.2, -0.15) is 0 Å². The van der Waals surface area contributed by atoms with Crippen LogP contribution in [0, 0.1) is 0 Å². The molecule has 0 saturated carbocycles. The summed E-state index contributed by atoms with van der Waals surface area (Å²) in [6.45, 7) is 3.70. The molecule has 17 heavy (non-hydrogen) atoms. The molecule has 0 radical (unpaired) electrons. The van der Waals surface area contributed by atoms with Crippen molar-refractivity contribution in [3.8, 4) is 11.5 Å². The van der Waals surface area contributed by atoms with Crippen molar-refractivity contribution in [3.05, 3.63) is 23.8 Å². The minimum atomic E-state index is -0.652. The first kappa shape index (κ1) is 13.4. The standard InChI is InChI=1S/C13H18O4/c1-5-10-6-7-11(12(8-10)15-3)17-9(2)13(14)16-4/h6-9H,5H2,1-4H3/t9-/m0/s1. The quantitative estimate of drug-likeness (QED) is 0.738. The highest BCUT2D eigenvalue weighted by Gasteiger charge is 2.17. The molecule has 0 aliphatic rings. The zero-order valence-corrected chi connectivity index (χ0v) is 10.6. The summed E-state index contributed by atoms with van der Waals surface area (Å²) in [5.41, 5.74) is 1.15. The van der Waals surface area contributed by atoms with E-state index in [-0.39, 0.29) is 0 Å². The van der Waals surface area contributed by atoms with Gasteiger partial charge in [-0.1, -0.05) is 13.0 Å². The van der Waals surface area contributed by atoms with Crippen molar-refractivity contribution in [2.75, 3.05) is 14.2 Å². The Labute approximate surface area is 101 Å². The second kappa shape index (κ2) is 6.13. The Hall–Kier alpha value is -1.71. The molecule has 0 aliphatic carbocycles. The van der Waals surface area contributed by atoms with Crippen molar-refractivity contribution in [1.82, 2.24) is 0 Å². The van der Waals surface area contributed by atoms with Crippen LogP contribution in [0.15, 0.2) is 18.2 Å². The van der Waals surface area contributed by atoms with E-state index in [1.807, 2.05) is 12.1 Å². The van der Waals surface area contributed by atoms with Crippen molar-refractivity contribution in [1.29, 1.82) is 0 Å². The normalized spacial score (nSPS) is 11.8. The monoisotopic (exact) mass is 238 g/mol. The maximum atomic E-state index is 11.3. The first-order valence-corrected chi connectivity index (χ1v) is 5.53. The van der Waals surface area contributed by atoms with Crippen LogP contribution in [-0.2, 0) is 16.0 Å². The predicted molar refractivity (Wildman–Crippen MR) is 64.5 cm³/mol. The van der Waals surface area contributed by atoms with Crippen LogP contribution in [0.3, 0.4) is 0 Å². The summed E-state index contributed by atoms with van der Waals surface area (Å²) in [6.07, 6.45) is 0.268. The average molecular weight is 238 g/mol. The highest BCUT2D eigenvalue weighted by atomic mass is 16.6. The first-order chi connectivity index (χ1) is 8.12. The topological polar surface area (TPSA) is 44.8 Å². The number of hydrogen-bond acceptors (Lipinski definition) is 4. The van der Waals surface area contributed by atoms with E-state index in [0.717, 1.165) is 12.0 Å². The molecule has 94 valence electrons. The SMILES string of the molecule is CCc1ccc(O[C@@H](C)C(=O)OC)c(OC)c1. The van der Waals surface area contributed by atoms with Gasteiger partial charge >= 0.3 is 5.97 Å². The summed E-state index contributed by atoms with van der Waals surface area (Å²) in [5.74, 6) is 0.759. The third-order valence-electron chi connectivity index (χ3n) is 2.47. The second-order valence-electron chi connectivity index (χ2n) is 3.62. The Morgan fingerprint density at radius 3 is 2.53 bits per heavy atom. The van der Waals surface area contributed by atoms with Gasteiger partial charge in [0.2, 0.25) is 0 Å². The molecule has 0 unspecified atom stereocenters. The van der Waals surface area contributed by atoms with Gasteiger partial charge in [0.15, 0.2) is 17.6 Å². The number of rotatable bonds is 5. The second-order valence-corrected chi connectivity index (χ2v) is 3.62. The molecule has 0 spiro atoms. The van der Waals surface area contributed by atoms with Gasteiger partial charge in [-0.05, 0) is 31.0 Å². The van der Waals surface area contributed by atoms with Gasteiger partial charge in [-0.15, -0.1) is 0 Å². The Bertz CT molecular complexity index is 387. The van der Waals surface area contributed by atoms with E-state index >= 15 is 0 Å². The van der Waals surface area contributed by atoms with E-state index in [2.05, 4.69) is 11.7 Å². The van der Waals surface area contributed by atoms with Crippen LogP contribution >= 0.6 is 0 Å². The summed E-state index contributed by atoms with van der Waals surface area (Å²) >= 11 is 0. The molecule has 0 fully saturated rings. The van der Waals surface area contributed by atoms with Crippen LogP contribution in [-0.4, -0.2) is 26.3 Å². The van der Waals surface area contributed by atoms with Crippen molar-refractivity contribution >= 4 is 5.97 Å². The van der Waals surface area contributed by atoms with E-state index in [9.17, 15) is 4.79 Å². The Kier molecular flexibility index (Phi) is 4.82. The zero-order valence-electron chi connectivity index (χ0n) is 10.6. The number of benzene rings is 1. The number of aryl methyl sites for hydroxylation is 1. The van der Waals surface area contributed by atoms with Crippen LogP contribution in [0.1, 0.15) is 19.4 Å². The van der Waals surface area contributed by atoms with Gasteiger partial charge in [-0.25, -0.2) is 4.79 Å². The van der Waals surface area contributed by atoms with E-state index < -0.39 is 12.1 Å². The van der Waals surface area contributed by atoms with Crippen LogP contribution in [0.5, 0.6) is 11.5 Å². The number of methoxy groups -OCH3 is 2. The minimum Gasteiger partial charge on any atom is -0.493 e. The van der Waals surface area contributed by atoms with Gasteiger partial charge in [-0.3, -0.25) is 0 Å². The minimum absolute atomic E-state index is 0.411. The Morgan fingerprint density at radius 2 is 2.00 bits per heavy atom. The van der Waals surface area contributed by atoms with E-state index in [0.29, 0.717) is 11.5 Å². The molecule has 1 atom stereocenters.